The van der Waals surface area contributed by atoms with E-state index in [9.17, 15) is 27.6 Å². The highest BCUT2D eigenvalue weighted by molar-refractivity contribution is 7.91. The molecule has 0 radical (unpaired) electrons. The van der Waals surface area contributed by atoms with E-state index in [4.69, 9.17) is 14.5 Å². The number of hydrogen-bond acceptors (Lipinski definition) is 9. The van der Waals surface area contributed by atoms with Gasteiger partial charge >= 0.3 is 0 Å². The molecule has 3 aliphatic rings. The molecule has 284 valence electrons. The van der Waals surface area contributed by atoms with Gasteiger partial charge in [0.2, 0.25) is 21.8 Å². The minimum Gasteiger partial charge on any atom is -0.497 e. The van der Waals surface area contributed by atoms with Crippen LogP contribution in [0.25, 0.3) is 22.2 Å². The molecule has 3 aromatic carbocycles. The number of ether oxygens (including phenoxy) is 2. The van der Waals surface area contributed by atoms with Crippen molar-refractivity contribution in [2.24, 2.45) is 5.92 Å². The summed E-state index contributed by atoms with van der Waals surface area (Å²) in [5.41, 5.74) is 1.13. The van der Waals surface area contributed by atoms with E-state index in [0.717, 1.165) is 11.6 Å². The number of nitrogens with one attached hydrogen (secondary N) is 2. The Balaban J connectivity index is 1.23. The standard InChI is InChI=1S/C42H42N4O8S/c1-4-28-24-42(28,41(50)45-55(51,52)32-17-18-32)44-39(48)37-22-31(25-46(37)40(49)34(20-29(47)5-2)26-12-8-6-9-13-26)54-38-23-35(27-14-10-7-11-15-27)43-36-21-30(53-3)16-19-33(36)38/h4-16,19,21,23,28,31-32,34,37H,1-2,17-18,20,22,24-25H2,3H3,(H,44,48)(H,45,50)/t28-,31?,34-,37+,42-/m1/s1. The summed E-state index contributed by atoms with van der Waals surface area (Å²) >= 11 is 0. The fourth-order valence-electron chi connectivity index (χ4n) is 7.25. The van der Waals surface area contributed by atoms with Crippen molar-refractivity contribution < 1.29 is 37.1 Å². The molecule has 2 N–H and O–H groups in total. The first kappa shape index (κ1) is 37.5. The zero-order valence-electron chi connectivity index (χ0n) is 30.3. The van der Waals surface area contributed by atoms with E-state index < -0.39 is 62.5 Å². The number of aromatic nitrogens is 1. The van der Waals surface area contributed by atoms with Crippen molar-refractivity contribution in [3.05, 3.63) is 116 Å². The molecule has 1 aliphatic heterocycles. The van der Waals surface area contributed by atoms with Gasteiger partial charge in [0.25, 0.3) is 5.91 Å². The number of pyridine rings is 1. The van der Waals surface area contributed by atoms with Crippen LogP contribution in [0.5, 0.6) is 11.5 Å². The Morgan fingerprint density at radius 3 is 2.35 bits per heavy atom. The summed E-state index contributed by atoms with van der Waals surface area (Å²) in [6, 6.07) is 24.5. The molecular formula is C42H42N4O8S. The van der Waals surface area contributed by atoms with Crippen LogP contribution in [0.1, 0.15) is 43.6 Å². The Morgan fingerprint density at radius 2 is 1.71 bits per heavy atom. The summed E-state index contributed by atoms with van der Waals surface area (Å²) in [6.45, 7) is 7.36. The molecule has 3 fully saturated rings. The number of allylic oxidation sites excluding steroid dienone is 1. The third kappa shape index (κ3) is 7.74. The van der Waals surface area contributed by atoms with Crippen molar-refractivity contribution in [2.75, 3.05) is 13.7 Å². The Labute approximate surface area is 319 Å². The lowest BCUT2D eigenvalue weighted by Crippen LogP contribution is -2.57. The molecule has 1 unspecified atom stereocenters. The summed E-state index contributed by atoms with van der Waals surface area (Å²) in [6.07, 6.45) is 2.87. The van der Waals surface area contributed by atoms with Gasteiger partial charge in [-0.2, -0.15) is 0 Å². The molecule has 0 spiro atoms. The summed E-state index contributed by atoms with van der Waals surface area (Å²) in [7, 11) is -2.34. The molecule has 12 nitrogen and oxygen atoms in total. The smallest absolute Gasteiger partial charge is 0.259 e. The van der Waals surface area contributed by atoms with Gasteiger partial charge in [0, 0.05) is 41.8 Å². The number of hydrogen-bond donors (Lipinski definition) is 2. The van der Waals surface area contributed by atoms with Crippen LogP contribution >= 0.6 is 0 Å². The number of methoxy groups -OCH3 is 1. The molecule has 1 aromatic heterocycles. The van der Waals surface area contributed by atoms with Crippen LogP contribution in [0.15, 0.2) is 110 Å². The summed E-state index contributed by atoms with van der Waals surface area (Å²) in [5, 5.41) is 2.86. The first-order valence-electron chi connectivity index (χ1n) is 18.2. The molecule has 7 rings (SSSR count). The first-order chi connectivity index (χ1) is 26.5. The second kappa shape index (κ2) is 15.1. The van der Waals surface area contributed by atoms with Crippen molar-refractivity contribution in [2.45, 2.75) is 61.0 Å². The van der Waals surface area contributed by atoms with Gasteiger partial charge in [0.1, 0.15) is 29.2 Å². The minimum atomic E-state index is -3.91. The van der Waals surface area contributed by atoms with E-state index in [1.807, 2.05) is 42.5 Å². The Morgan fingerprint density at radius 1 is 1.00 bits per heavy atom. The highest BCUT2D eigenvalue weighted by Crippen LogP contribution is 2.46. The predicted molar refractivity (Wildman–Crippen MR) is 207 cm³/mol. The maximum absolute atomic E-state index is 14.6. The zero-order valence-corrected chi connectivity index (χ0v) is 31.2. The van der Waals surface area contributed by atoms with Crippen molar-refractivity contribution in [1.82, 2.24) is 19.9 Å². The molecule has 5 atom stereocenters. The van der Waals surface area contributed by atoms with E-state index in [-0.39, 0.29) is 31.6 Å². The largest absolute Gasteiger partial charge is 0.497 e. The lowest BCUT2D eigenvalue weighted by Gasteiger charge is -2.29. The highest BCUT2D eigenvalue weighted by atomic mass is 32.2. The van der Waals surface area contributed by atoms with E-state index in [1.54, 1.807) is 49.6 Å². The average Bonchev–Trinajstić information content (AvgIpc) is 4.13. The second-order valence-corrected chi connectivity index (χ2v) is 16.2. The van der Waals surface area contributed by atoms with Gasteiger partial charge in [-0.15, -0.1) is 6.58 Å². The molecule has 13 heteroatoms. The molecule has 2 heterocycles. The van der Waals surface area contributed by atoms with Gasteiger partial charge in [-0.1, -0.05) is 73.3 Å². The topological polar surface area (TPSA) is 161 Å². The van der Waals surface area contributed by atoms with E-state index >= 15 is 0 Å². The van der Waals surface area contributed by atoms with Gasteiger partial charge in [-0.25, -0.2) is 13.4 Å². The zero-order chi connectivity index (χ0) is 38.9. The first-order valence-corrected chi connectivity index (χ1v) is 19.7. The SMILES string of the molecule is C=CC(=O)C[C@@H](C(=O)N1CC(Oc2cc(-c3ccccc3)nc3cc(OC)ccc23)C[C@H]1C(=O)N[C@]1(C(=O)NS(=O)(=O)C2CC2)C[C@H]1C=C)c1ccccc1. The molecule has 1 saturated heterocycles. The van der Waals surface area contributed by atoms with E-state index in [2.05, 4.69) is 23.2 Å². The van der Waals surface area contributed by atoms with Crippen LogP contribution < -0.4 is 19.5 Å². The maximum Gasteiger partial charge on any atom is 0.259 e. The third-order valence-electron chi connectivity index (χ3n) is 10.6. The fraction of sp³-hybridized carbons (Fsp3) is 0.310. The Kier molecular flexibility index (Phi) is 10.3. The number of benzene rings is 3. The monoisotopic (exact) mass is 762 g/mol. The van der Waals surface area contributed by atoms with Crippen LogP contribution in [0.2, 0.25) is 0 Å². The summed E-state index contributed by atoms with van der Waals surface area (Å²) < 4.78 is 39.8. The van der Waals surface area contributed by atoms with Crippen molar-refractivity contribution in [3.63, 3.8) is 0 Å². The summed E-state index contributed by atoms with van der Waals surface area (Å²) in [4.78, 5) is 61.6. The highest BCUT2D eigenvalue weighted by Gasteiger charge is 2.62. The number of amides is 3. The number of rotatable bonds is 15. The van der Waals surface area contributed by atoms with Crippen LogP contribution in [0, 0.1) is 5.92 Å². The van der Waals surface area contributed by atoms with Gasteiger partial charge < -0.3 is 19.7 Å². The number of carbonyl (C=O) groups excluding carboxylic acids is 4. The number of carbonyl (C=O) groups is 4. The number of sulfonamides is 1. The normalized spacial score (nSPS) is 22.3. The molecule has 2 aliphatic carbocycles. The van der Waals surface area contributed by atoms with Crippen molar-refractivity contribution in [3.8, 4) is 22.8 Å². The number of nitrogens with zero attached hydrogens (tertiary/aromatic N) is 2. The molecular weight excluding hydrogens is 721 g/mol. The second-order valence-electron chi connectivity index (χ2n) is 14.3. The maximum atomic E-state index is 14.6. The fourth-order valence-corrected chi connectivity index (χ4v) is 8.61. The van der Waals surface area contributed by atoms with E-state index in [1.165, 1.54) is 11.0 Å². The van der Waals surface area contributed by atoms with E-state index in [0.29, 0.717) is 46.5 Å². The van der Waals surface area contributed by atoms with Crippen LogP contribution in [-0.4, -0.2) is 78.4 Å². The van der Waals surface area contributed by atoms with Crippen molar-refractivity contribution in [1.29, 1.82) is 0 Å². The number of ketones is 1. The van der Waals surface area contributed by atoms with Crippen LogP contribution in [-0.2, 0) is 29.2 Å². The Hall–Kier alpha value is -5.82. The average molecular weight is 763 g/mol. The van der Waals surface area contributed by atoms with Crippen LogP contribution in [0.3, 0.4) is 0 Å². The third-order valence-corrected chi connectivity index (χ3v) is 12.4. The summed E-state index contributed by atoms with van der Waals surface area (Å²) in [5.74, 6) is -2.71. The lowest BCUT2D eigenvalue weighted by atomic mass is 9.92. The quantitative estimate of drug-likeness (QED) is 0.127. The molecule has 2 saturated carbocycles. The predicted octanol–water partition coefficient (Wildman–Crippen LogP) is 4.86. The number of fused-ring (bicyclic) bond motifs is 1. The van der Waals surface area contributed by atoms with Crippen LogP contribution in [0.4, 0.5) is 0 Å². The van der Waals surface area contributed by atoms with Gasteiger partial charge in [-0.05, 0) is 43.0 Å². The van der Waals surface area contributed by atoms with Gasteiger partial charge in [0.15, 0.2) is 5.78 Å². The Bertz CT molecular complexity index is 2280. The number of likely N-dealkylation sites (tertiary alicyclic amines) is 1. The van der Waals surface area contributed by atoms with Crippen molar-refractivity contribution >= 4 is 44.4 Å². The minimum absolute atomic E-state index is 0.0245. The lowest BCUT2D eigenvalue weighted by molar-refractivity contribution is -0.141. The van der Waals surface area contributed by atoms with Gasteiger partial charge in [0.05, 0.1) is 36.0 Å². The molecule has 3 amide bonds. The molecule has 4 aromatic rings. The molecule has 0 bridgehead atoms. The molecule has 55 heavy (non-hydrogen) atoms. The van der Waals surface area contributed by atoms with Gasteiger partial charge in [-0.3, -0.25) is 23.9 Å².